The summed E-state index contributed by atoms with van der Waals surface area (Å²) in [5.74, 6) is 0.638. The quantitative estimate of drug-likeness (QED) is 0.612. The Balaban J connectivity index is 1.48. The van der Waals surface area contributed by atoms with E-state index >= 15 is 0 Å². The standard InChI is InChI=1S/C24H20N2O4S/c1-15-4-6-16(7-5-15)14-26-23(27)21(20-3-2-12-31-20)22(24(26)28)25-17-8-9-18-19(13-17)30-11-10-29-18/h2-9,12-13,25H,10-11,14H2,1H3. The summed E-state index contributed by atoms with van der Waals surface area (Å²) < 4.78 is 11.2. The molecule has 0 radical (unpaired) electrons. The molecular formula is C24H20N2O4S. The zero-order valence-corrected chi connectivity index (χ0v) is 17.7. The van der Waals surface area contributed by atoms with E-state index in [0.29, 0.717) is 36.0 Å². The molecule has 7 heteroatoms. The number of hydrogen-bond donors (Lipinski definition) is 1. The molecule has 0 fully saturated rings. The van der Waals surface area contributed by atoms with Crippen LogP contribution in [-0.4, -0.2) is 29.9 Å². The molecule has 2 aromatic carbocycles. The van der Waals surface area contributed by atoms with Crippen LogP contribution in [0.15, 0.2) is 65.7 Å². The highest BCUT2D eigenvalue weighted by Crippen LogP contribution is 2.36. The summed E-state index contributed by atoms with van der Waals surface area (Å²) in [6.07, 6.45) is 0. The van der Waals surface area contributed by atoms with E-state index in [4.69, 9.17) is 9.47 Å². The summed E-state index contributed by atoms with van der Waals surface area (Å²) in [6.45, 7) is 3.21. The Morgan fingerprint density at radius 3 is 2.48 bits per heavy atom. The molecule has 0 bridgehead atoms. The number of thiophene rings is 1. The van der Waals surface area contributed by atoms with E-state index in [2.05, 4.69) is 5.32 Å². The van der Waals surface area contributed by atoms with Crippen LogP contribution in [0.5, 0.6) is 11.5 Å². The number of anilines is 1. The number of rotatable bonds is 5. The maximum absolute atomic E-state index is 13.3. The number of carbonyl (C=O) groups excluding carboxylic acids is 2. The molecule has 3 aromatic rings. The third-order valence-corrected chi connectivity index (χ3v) is 6.10. The molecule has 6 nitrogen and oxygen atoms in total. The first-order chi connectivity index (χ1) is 15.1. The minimum Gasteiger partial charge on any atom is -0.486 e. The minimum atomic E-state index is -0.344. The van der Waals surface area contributed by atoms with Gasteiger partial charge in [0.15, 0.2) is 11.5 Å². The lowest BCUT2D eigenvalue weighted by Gasteiger charge is -2.19. The second kappa shape index (κ2) is 7.92. The Labute approximate surface area is 183 Å². The lowest BCUT2D eigenvalue weighted by molar-refractivity contribution is -0.137. The van der Waals surface area contributed by atoms with Crippen molar-refractivity contribution in [1.29, 1.82) is 0 Å². The molecular weight excluding hydrogens is 412 g/mol. The van der Waals surface area contributed by atoms with Gasteiger partial charge in [-0.2, -0.15) is 0 Å². The van der Waals surface area contributed by atoms with Gasteiger partial charge in [-0.05, 0) is 36.1 Å². The van der Waals surface area contributed by atoms with Crippen LogP contribution in [0.2, 0.25) is 0 Å². The molecule has 0 unspecified atom stereocenters. The number of aryl methyl sites for hydroxylation is 1. The Hall–Kier alpha value is -3.58. The van der Waals surface area contributed by atoms with E-state index in [1.54, 1.807) is 12.1 Å². The third-order valence-electron chi connectivity index (χ3n) is 5.21. The van der Waals surface area contributed by atoms with E-state index < -0.39 is 0 Å². The van der Waals surface area contributed by atoms with Crippen LogP contribution in [0.1, 0.15) is 16.0 Å². The molecule has 3 heterocycles. The largest absolute Gasteiger partial charge is 0.486 e. The van der Waals surface area contributed by atoms with Crippen LogP contribution in [0.25, 0.3) is 5.57 Å². The first-order valence-corrected chi connectivity index (χ1v) is 10.8. The third kappa shape index (κ3) is 3.68. The highest BCUT2D eigenvalue weighted by Gasteiger charge is 2.39. The lowest BCUT2D eigenvalue weighted by Crippen LogP contribution is -2.31. The van der Waals surface area contributed by atoms with E-state index in [0.717, 1.165) is 16.0 Å². The fourth-order valence-corrected chi connectivity index (χ4v) is 4.39. The Morgan fingerprint density at radius 2 is 1.74 bits per heavy atom. The average Bonchev–Trinajstić information content (AvgIpc) is 3.38. The van der Waals surface area contributed by atoms with Gasteiger partial charge in [-0.1, -0.05) is 35.9 Å². The average molecular weight is 433 g/mol. The number of benzene rings is 2. The van der Waals surface area contributed by atoms with Gasteiger partial charge >= 0.3 is 0 Å². The maximum atomic E-state index is 13.3. The van der Waals surface area contributed by atoms with Crippen molar-refractivity contribution < 1.29 is 19.1 Å². The molecule has 156 valence electrons. The number of imide groups is 1. The number of nitrogens with zero attached hydrogens (tertiary/aromatic N) is 1. The van der Waals surface area contributed by atoms with Gasteiger partial charge in [0.1, 0.15) is 18.9 Å². The van der Waals surface area contributed by atoms with Gasteiger partial charge < -0.3 is 14.8 Å². The summed E-state index contributed by atoms with van der Waals surface area (Å²) in [6, 6.07) is 16.9. The Kier molecular flexibility index (Phi) is 4.95. The van der Waals surface area contributed by atoms with E-state index in [9.17, 15) is 9.59 Å². The fraction of sp³-hybridized carbons (Fsp3) is 0.167. The van der Waals surface area contributed by atoms with Gasteiger partial charge in [0.2, 0.25) is 0 Å². The van der Waals surface area contributed by atoms with Gasteiger partial charge in [-0.3, -0.25) is 14.5 Å². The van der Waals surface area contributed by atoms with Crippen molar-refractivity contribution in [3.8, 4) is 11.5 Å². The second-order valence-electron chi connectivity index (χ2n) is 7.39. The van der Waals surface area contributed by atoms with Crippen LogP contribution >= 0.6 is 11.3 Å². The molecule has 2 amide bonds. The first kappa shape index (κ1) is 19.4. The molecule has 31 heavy (non-hydrogen) atoms. The monoisotopic (exact) mass is 432 g/mol. The second-order valence-corrected chi connectivity index (χ2v) is 8.34. The normalized spacial score (nSPS) is 15.6. The molecule has 2 aliphatic rings. The van der Waals surface area contributed by atoms with Gasteiger partial charge in [0.25, 0.3) is 11.8 Å². The number of carbonyl (C=O) groups is 2. The van der Waals surface area contributed by atoms with Crippen LogP contribution in [0.3, 0.4) is 0 Å². The van der Waals surface area contributed by atoms with Crippen LogP contribution < -0.4 is 14.8 Å². The zero-order valence-electron chi connectivity index (χ0n) is 16.9. The summed E-state index contributed by atoms with van der Waals surface area (Å²) in [5, 5.41) is 5.07. The summed E-state index contributed by atoms with van der Waals surface area (Å²) >= 11 is 1.43. The predicted octanol–water partition coefficient (Wildman–Crippen LogP) is 4.22. The Morgan fingerprint density at radius 1 is 0.968 bits per heavy atom. The van der Waals surface area contributed by atoms with Crippen molar-refractivity contribution >= 4 is 34.4 Å². The van der Waals surface area contributed by atoms with E-state index in [1.165, 1.54) is 16.2 Å². The molecule has 0 aliphatic carbocycles. The van der Waals surface area contributed by atoms with Crippen LogP contribution in [0, 0.1) is 6.92 Å². The molecule has 0 saturated heterocycles. The zero-order chi connectivity index (χ0) is 21.4. The fourth-order valence-electron chi connectivity index (χ4n) is 3.63. The van der Waals surface area contributed by atoms with Crippen LogP contribution in [-0.2, 0) is 16.1 Å². The van der Waals surface area contributed by atoms with Crippen molar-refractivity contribution in [2.75, 3.05) is 18.5 Å². The van der Waals surface area contributed by atoms with Crippen LogP contribution in [0.4, 0.5) is 5.69 Å². The summed E-state index contributed by atoms with van der Waals surface area (Å²) in [4.78, 5) is 28.7. The van der Waals surface area contributed by atoms with E-state index in [1.807, 2.05) is 54.8 Å². The molecule has 0 atom stereocenters. The maximum Gasteiger partial charge on any atom is 0.278 e. The number of amides is 2. The highest BCUT2D eigenvalue weighted by molar-refractivity contribution is 7.11. The first-order valence-electron chi connectivity index (χ1n) is 9.97. The van der Waals surface area contributed by atoms with Gasteiger partial charge in [0.05, 0.1) is 12.1 Å². The Bertz CT molecular complexity index is 1180. The predicted molar refractivity (Wildman–Crippen MR) is 119 cm³/mol. The summed E-state index contributed by atoms with van der Waals surface area (Å²) in [7, 11) is 0. The van der Waals surface area contributed by atoms with Gasteiger partial charge in [-0.15, -0.1) is 11.3 Å². The minimum absolute atomic E-state index is 0.221. The highest BCUT2D eigenvalue weighted by atomic mass is 32.1. The van der Waals surface area contributed by atoms with E-state index in [-0.39, 0.29) is 24.1 Å². The van der Waals surface area contributed by atoms with Crippen molar-refractivity contribution in [2.45, 2.75) is 13.5 Å². The van der Waals surface area contributed by atoms with Gasteiger partial charge in [-0.25, -0.2) is 0 Å². The molecule has 0 spiro atoms. The van der Waals surface area contributed by atoms with Crippen molar-refractivity contribution in [2.24, 2.45) is 0 Å². The number of fused-ring (bicyclic) bond motifs is 1. The number of ether oxygens (including phenoxy) is 2. The van der Waals surface area contributed by atoms with Crippen molar-refractivity contribution in [1.82, 2.24) is 4.90 Å². The lowest BCUT2D eigenvalue weighted by atomic mass is 10.1. The van der Waals surface area contributed by atoms with Gasteiger partial charge in [0, 0.05) is 16.6 Å². The molecule has 1 N–H and O–H groups in total. The molecule has 1 aromatic heterocycles. The molecule has 2 aliphatic heterocycles. The topological polar surface area (TPSA) is 67.9 Å². The molecule has 0 saturated carbocycles. The van der Waals surface area contributed by atoms with Crippen molar-refractivity contribution in [3.63, 3.8) is 0 Å². The number of hydrogen-bond acceptors (Lipinski definition) is 6. The SMILES string of the molecule is Cc1ccc(CN2C(=O)C(Nc3ccc4c(c3)OCCO4)=C(c3cccs3)C2=O)cc1. The smallest absolute Gasteiger partial charge is 0.278 e. The van der Waals surface area contributed by atoms with Crippen molar-refractivity contribution in [3.05, 3.63) is 81.7 Å². The molecule has 5 rings (SSSR count). The summed E-state index contributed by atoms with van der Waals surface area (Å²) in [5.41, 5.74) is 3.35. The number of nitrogens with one attached hydrogen (secondary N) is 1.